The fraction of sp³-hybridized carbons (Fsp3) is 0.273. The summed E-state index contributed by atoms with van der Waals surface area (Å²) in [6, 6.07) is 0. The van der Waals surface area contributed by atoms with Gasteiger partial charge in [0.05, 0.1) is 11.4 Å². The Labute approximate surface area is 79.1 Å². The van der Waals surface area contributed by atoms with Crippen molar-refractivity contribution in [2.45, 2.75) is 20.8 Å². The zero-order valence-electron chi connectivity index (χ0n) is 8.33. The van der Waals surface area contributed by atoms with Crippen LogP contribution in [-0.4, -0.2) is 11.9 Å². The van der Waals surface area contributed by atoms with E-state index in [4.69, 9.17) is 0 Å². The fourth-order valence-corrected chi connectivity index (χ4v) is 0.824. The number of allylic oxidation sites excluding steroid dienone is 4. The highest BCUT2D eigenvalue weighted by Crippen LogP contribution is 2.09. The third-order valence-corrected chi connectivity index (χ3v) is 1.88. The van der Waals surface area contributed by atoms with Crippen LogP contribution in [-0.2, 0) is 0 Å². The van der Waals surface area contributed by atoms with Gasteiger partial charge in [-0.15, -0.1) is 0 Å². The van der Waals surface area contributed by atoms with E-state index in [-0.39, 0.29) is 0 Å². The minimum Gasteiger partial charge on any atom is -0.255 e. The Bertz CT molecular complexity index is 337. The maximum atomic E-state index is 4.41. The highest BCUT2D eigenvalue weighted by atomic mass is 14.8. The SMILES string of the molecule is C=C1N=CC=C/C1=N/C(C)=C(C)C. The molecule has 68 valence electrons. The van der Waals surface area contributed by atoms with E-state index in [1.54, 1.807) is 6.21 Å². The first kappa shape index (κ1) is 9.65. The van der Waals surface area contributed by atoms with E-state index in [9.17, 15) is 0 Å². The molecule has 2 nitrogen and oxygen atoms in total. The van der Waals surface area contributed by atoms with E-state index in [1.165, 1.54) is 5.57 Å². The van der Waals surface area contributed by atoms with E-state index in [0.29, 0.717) is 0 Å². The van der Waals surface area contributed by atoms with Crippen LogP contribution in [0.5, 0.6) is 0 Å². The van der Waals surface area contributed by atoms with Crippen molar-refractivity contribution < 1.29 is 0 Å². The lowest BCUT2D eigenvalue weighted by molar-refractivity contribution is 1.18. The van der Waals surface area contributed by atoms with Crippen LogP contribution in [0, 0.1) is 0 Å². The van der Waals surface area contributed by atoms with Gasteiger partial charge in [-0.05, 0) is 32.9 Å². The summed E-state index contributed by atoms with van der Waals surface area (Å²) in [6.45, 7) is 9.87. The molecule has 0 saturated heterocycles. The molecule has 0 spiro atoms. The van der Waals surface area contributed by atoms with Crippen molar-refractivity contribution in [3.63, 3.8) is 0 Å². The normalized spacial score (nSPS) is 18.1. The van der Waals surface area contributed by atoms with Crippen LogP contribution >= 0.6 is 0 Å². The summed E-state index contributed by atoms with van der Waals surface area (Å²) in [5.41, 5.74) is 3.81. The van der Waals surface area contributed by atoms with E-state index in [2.05, 4.69) is 16.6 Å². The van der Waals surface area contributed by atoms with E-state index in [0.717, 1.165) is 17.1 Å². The van der Waals surface area contributed by atoms with Gasteiger partial charge < -0.3 is 0 Å². The molecule has 0 N–H and O–H groups in total. The third kappa shape index (κ3) is 2.51. The van der Waals surface area contributed by atoms with Crippen LogP contribution in [0.2, 0.25) is 0 Å². The van der Waals surface area contributed by atoms with Crippen LogP contribution in [0.25, 0.3) is 0 Å². The fourth-order valence-electron chi connectivity index (χ4n) is 0.824. The second kappa shape index (κ2) is 3.99. The molecule has 1 heterocycles. The summed E-state index contributed by atoms with van der Waals surface area (Å²) in [5.74, 6) is 0. The lowest BCUT2D eigenvalue weighted by Crippen LogP contribution is -2.00. The van der Waals surface area contributed by atoms with Gasteiger partial charge in [-0.1, -0.05) is 12.2 Å². The summed E-state index contributed by atoms with van der Waals surface area (Å²) in [5, 5.41) is 0. The summed E-state index contributed by atoms with van der Waals surface area (Å²) in [6.07, 6.45) is 5.51. The van der Waals surface area contributed by atoms with Crippen LogP contribution in [0.1, 0.15) is 20.8 Å². The van der Waals surface area contributed by atoms with Gasteiger partial charge in [0.15, 0.2) is 0 Å². The molecule has 0 bridgehead atoms. The Morgan fingerprint density at radius 1 is 1.38 bits per heavy atom. The average Bonchev–Trinajstić information content (AvgIpc) is 2.08. The monoisotopic (exact) mass is 174 g/mol. The van der Waals surface area contributed by atoms with Gasteiger partial charge in [-0.3, -0.25) is 9.98 Å². The summed E-state index contributed by atoms with van der Waals surface area (Å²) in [7, 11) is 0. The summed E-state index contributed by atoms with van der Waals surface area (Å²) < 4.78 is 0. The highest BCUT2D eigenvalue weighted by molar-refractivity contribution is 6.12. The average molecular weight is 174 g/mol. The predicted octanol–water partition coefficient (Wildman–Crippen LogP) is 2.90. The second-order valence-corrected chi connectivity index (χ2v) is 3.17. The minimum atomic E-state index is 0.725. The Morgan fingerprint density at radius 3 is 2.62 bits per heavy atom. The summed E-state index contributed by atoms with van der Waals surface area (Å²) >= 11 is 0. The minimum absolute atomic E-state index is 0.725. The lowest BCUT2D eigenvalue weighted by Gasteiger charge is -2.04. The van der Waals surface area contributed by atoms with Crippen molar-refractivity contribution in [1.29, 1.82) is 0 Å². The van der Waals surface area contributed by atoms with Gasteiger partial charge in [0.25, 0.3) is 0 Å². The summed E-state index contributed by atoms with van der Waals surface area (Å²) in [4.78, 5) is 8.48. The van der Waals surface area contributed by atoms with E-state index >= 15 is 0 Å². The lowest BCUT2D eigenvalue weighted by atomic mass is 10.2. The zero-order chi connectivity index (χ0) is 9.84. The van der Waals surface area contributed by atoms with Crippen molar-refractivity contribution in [2.24, 2.45) is 9.98 Å². The van der Waals surface area contributed by atoms with Gasteiger partial charge in [0.2, 0.25) is 0 Å². The molecular formula is C11H14N2. The largest absolute Gasteiger partial charge is 0.255 e. The molecule has 0 unspecified atom stereocenters. The van der Waals surface area contributed by atoms with Gasteiger partial charge in [0, 0.05) is 11.9 Å². The standard InChI is InChI=1S/C11H14N2/c1-8(2)9(3)13-11-6-5-7-12-10(11)4/h5-7H,4H2,1-3H3/b13-11-. The van der Waals surface area contributed by atoms with Gasteiger partial charge in [-0.2, -0.15) is 0 Å². The van der Waals surface area contributed by atoms with Crippen molar-refractivity contribution in [3.8, 4) is 0 Å². The number of aliphatic imine (C=N–C) groups is 2. The van der Waals surface area contributed by atoms with Gasteiger partial charge in [-0.25, -0.2) is 0 Å². The first-order chi connectivity index (χ1) is 6.11. The molecule has 0 aliphatic carbocycles. The van der Waals surface area contributed by atoms with Crippen LogP contribution in [0.4, 0.5) is 0 Å². The molecule has 0 fully saturated rings. The van der Waals surface area contributed by atoms with E-state index in [1.807, 2.05) is 32.9 Å². The molecule has 1 aliphatic rings. The second-order valence-electron chi connectivity index (χ2n) is 3.17. The Morgan fingerprint density at radius 2 is 2.08 bits per heavy atom. The Kier molecular flexibility index (Phi) is 2.96. The van der Waals surface area contributed by atoms with Crippen molar-refractivity contribution in [2.75, 3.05) is 0 Å². The topological polar surface area (TPSA) is 24.7 Å². The molecule has 1 aliphatic heterocycles. The maximum absolute atomic E-state index is 4.41. The molecule has 0 aromatic carbocycles. The molecule has 13 heavy (non-hydrogen) atoms. The molecule has 1 rings (SSSR count). The van der Waals surface area contributed by atoms with Gasteiger partial charge in [0.1, 0.15) is 0 Å². The Balaban J connectivity index is 2.96. The van der Waals surface area contributed by atoms with Gasteiger partial charge >= 0.3 is 0 Å². The molecule has 0 amide bonds. The smallest absolute Gasteiger partial charge is 0.0883 e. The molecular weight excluding hydrogens is 160 g/mol. The molecule has 0 radical (unpaired) electrons. The van der Waals surface area contributed by atoms with Crippen LogP contribution in [0.15, 0.2) is 45.7 Å². The first-order valence-corrected chi connectivity index (χ1v) is 4.24. The number of rotatable bonds is 1. The van der Waals surface area contributed by atoms with E-state index < -0.39 is 0 Å². The van der Waals surface area contributed by atoms with Crippen molar-refractivity contribution >= 4 is 11.9 Å². The molecule has 0 aromatic rings. The highest BCUT2D eigenvalue weighted by Gasteiger charge is 2.02. The molecule has 0 atom stereocenters. The third-order valence-electron chi connectivity index (χ3n) is 1.88. The maximum Gasteiger partial charge on any atom is 0.0883 e. The molecule has 0 saturated carbocycles. The van der Waals surface area contributed by atoms with Crippen LogP contribution < -0.4 is 0 Å². The molecule has 2 heteroatoms. The molecule has 0 aromatic heterocycles. The number of hydrogen-bond acceptors (Lipinski definition) is 2. The number of nitrogens with zero attached hydrogens (tertiary/aromatic N) is 2. The number of hydrogen-bond donors (Lipinski definition) is 0. The van der Waals surface area contributed by atoms with Crippen molar-refractivity contribution in [1.82, 2.24) is 0 Å². The Hall–Kier alpha value is -1.44. The van der Waals surface area contributed by atoms with Crippen LogP contribution in [0.3, 0.4) is 0 Å². The number of dihydropyridines is 1. The van der Waals surface area contributed by atoms with Crippen molar-refractivity contribution in [3.05, 3.63) is 35.7 Å². The first-order valence-electron chi connectivity index (χ1n) is 4.24. The predicted molar refractivity (Wildman–Crippen MR) is 58.3 cm³/mol. The zero-order valence-corrected chi connectivity index (χ0v) is 8.33. The quantitative estimate of drug-likeness (QED) is 0.584.